The van der Waals surface area contributed by atoms with E-state index in [1.165, 1.54) is 6.92 Å². The molecule has 3 rings (SSSR count). The third-order valence-corrected chi connectivity index (χ3v) is 4.38. The highest BCUT2D eigenvalue weighted by Gasteiger charge is 2.13. The van der Waals surface area contributed by atoms with Crippen molar-refractivity contribution in [2.45, 2.75) is 13.5 Å². The Bertz CT molecular complexity index is 1070. The number of benzene rings is 3. The minimum atomic E-state index is -0.298. The molecule has 4 N–H and O–H groups in total. The minimum absolute atomic E-state index is 0.00347. The van der Waals surface area contributed by atoms with E-state index in [1.807, 2.05) is 30.3 Å². The molecule has 0 aliphatic heterocycles. The molecule has 0 atom stereocenters. The monoisotopic (exact) mass is 416 g/mol. The van der Waals surface area contributed by atoms with Crippen molar-refractivity contribution in [3.63, 3.8) is 0 Å². The van der Waals surface area contributed by atoms with Gasteiger partial charge in [0.1, 0.15) is 0 Å². The summed E-state index contributed by atoms with van der Waals surface area (Å²) >= 11 is 0. The summed E-state index contributed by atoms with van der Waals surface area (Å²) < 4.78 is 0. The van der Waals surface area contributed by atoms with E-state index in [1.54, 1.807) is 48.5 Å². The second kappa shape index (κ2) is 10.6. The van der Waals surface area contributed by atoms with Gasteiger partial charge in [-0.25, -0.2) is 0 Å². The van der Waals surface area contributed by atoms with Gasteiger partial charge in [0, 0.05) is 24.8 Å². The topological polar surface area (TPSA) is 99.3 Å². The molecular weight excluding hydrogens is 392 g/mol. The van der Waals surface area contributed by atoms with Gasteiger partial charge in [-0.2, -0.15) is 0 Å². The van der Waals surface area contributed by atoms with Gasteiger partial charge in [0.25, 0.3) is 5.91 Å². The number of anilines is 3. The third-order valence-electron chi connectivity index (χ3n) is 4.38. The van der Waals surface area contributed by atoms with Gasteiger partial charge in [-0.3, -0.25) is 14.4 Å². The molecule has 0 bridgehead atoms. The highest BCUT2D eigenvalue weighted by Crippen LogP contribution is 2.17. The van der Waals surface area contributed by atoms with Gasteiger partial charge in [0.05, 0.1) is 17.8 Å². The molecule has 0 fully saturated rings. The smallest absolute Gasteiger partial charge is 0.253 e. The molecule has 3 amide bonds. The summed E-state index contributed by atoms with van der Waals surface area (Å²) in [5.41, 5.74) is 3.14. The number of carbonyl (C=O) groups excluding carboxylic acids is 3. The molecule has 0 spiro atoms. The lowest BCUT2D eigenvalue weighted by molar-refractivity contribution is -0.115. The Labute approximate surface area is 180 Å². The average Bonchev–Trinajstić information content (AvgIpc) is 2.77. The second-order valence-electron chi connectivity index (χ2n) is 6.88. The summed E-state index contributed by atoms with van der Waals surface area (Å²) in [6.07, 6.45) is 0. The summed E-state index contributed by atoms with van der Waals surface area (Å²) in [5.74, 6) is -0.735. The SMILES string of the molecule is CC(=O)Nc1cccc(NCC(=O)Nc2ccccc2C(=O)NCc2ccccc2)c1. The van der Waals surface area contributed by atoms with Gasteiger partial charge < -0.3 is 21.3 Å². The van der Waals surface area contributed by atoms with E-state index in [0.29, 0.717) is 29.2 Å². The summed E-state index contributed by atoms with van der Waals surface area (Å²) in [4.78, 5) is 36.2. The van der Waals surface area contributed by atoms with Crippen LogP contribution >= 0.6 is 0 Å². The van der Waals surface area contributed by atoms with Crippen LogP contribution in [0.1, 0.15) is 22.8 Å². The first kappa shape index (κ1) is 21.6. The predicted molar refractivity (Wildman–Crippen MR) is 122 cm³/mol. The molecule has 7 nitrogen and oxygen atoms in total. The fraction of sp³-hybridized carbons (Fsp3) is 0.125. The van der Waals surface area contributed by atoms with Crippen LogP contribution in [0.2, 0.25) is 0 Å². The molecule has 0 saturated heterocycles. The number of rotatable bonds is 8. The van der Waals surface area contributed by atoms with Gasteiger partial charge >= 0.3 is 0 Å². The van der Waals surface area contributed by atoms with Crippen molar-refractivity contribution in [3.05, 3.63) is 90.0 Å². The lowest BCUT2D eigenvalue weighted by Crippen LogP contribution is -2.26. The highest BCUT2D eigenvalue weighted by atomic mass is 16.2. The summed E-state index contributed by atoms with van der Waals surface area (Å²) in [6, 6.07) is 23.5. The molecule has 0 heterocycles. The first-order valence-electron chi connectivity index (χ1n) is 9.84. The Kier molecular flexibility index (Phi) is 7.37. The van der Waals surface area contributed by atoms with Crippen LogP contribution < -0.4 is 21.3 Å². The Hall–Kier alpha value is -4.13. The van der Waals surface area contributed by atoms with Crippen LogP contribution in [0, 0.1) is 0 Å². The molecule has 0 aliphatic rings. The average molecular weight is 416 g/mol. The zero-order chi connectivity index (χ0) is 22.1. The molecule has 0 unspecified atom stereocenters. The van der Waals surface area contributed by atoms with Crippen LogP contribution in [0.5, 0.6) is 0 Å². The molecule has 31 heavy (non-hydrogen) atoms. The maximum absolute atomic E-state index is 12.6. The van der Waals surface area contributed by atoms with E-state index in [2.05, 4.69) is 21.3 Å². The second-order valence-corrected chi connectivity index (χ2v) is 6.88. The van der Waals surface area contributed by atoms with E-state index in [4.69, 9.17) is 0 Å². The van der Waals surface area contributed by atoms with Crippen LogP contribution in [-0.4, -0.2) is 24.3 Å². The number of hydrogen-bond donors (Lipinski definition) is 4. The Morgan fingerprint density at radius 2 is 1.48 bits per heavy atom. The number of hydrogen-bond acceptors (Lipinski definition) is 4. The van der Waals surface area contributed by atoms with Crippen molar-refractivity contribution in [1.29, 1.82) is 0 Å². The van der Waals surface area contributed by atoms with Crippen LogP contribution in [0.25, 0.3) is 0 Å². The molecular formula is C24H24N4O3. The van der Waals surface area contributed by atoms with Gasteiger partial charge in [0.2, 0.25) is 11.8 Å². The molecule has 0 saturated carbocycles. The van der Waals surface area contributed by atoms with Crippen molar-refractivity contribution in [2.24, 2.45) is 0 Å². The predicted octanol–water partition coefficient (Wildman–Crippen LogP) is 3.63. The van der Waals surface area contributed by atoms with E-state index >= 15 is 0 Å². The van der Waals surface area contributed by atoms with Gasteiger partial charge in [-0.05, 0) is 35.9 Å². The Morgan fingerprint density at radius 1 is 0.774 bits per heavy atom. The molecule has 3 aromatic rings. The standard InChI is InChI=1S/C24H24N4O3/c1-17(29)27-20-11-7-10-19(14-20)25-16-23(30)28-22-13-6-5-12-21(22)24(31)26-15-18-8-3-2-4-9-18/h2-14,25H,15-16H2,1H3,(H,26,31)(H,27,29)(H,28,30). The number of para-hydroxylation sites is 1. The van der Waals surface area contributed by atoms with Crippen LogP contribution in [0.4, 0.5) is 17.1 Å². The fourth-order valence-electron chi connectivity index (χ4n) is 2.95. The summed E-state index contributed by atoms with van der Waals surface area (Å²) in [5, 5.41) is 11.3. The van der Waals surface area contributed by atoms with Crippen molar-refractivity contribution in [3.8, 4) is 0 Å². The summed E-state index contributed by atoms with van der Waals surface area (Å²) in [6.45, 7) is 1.83. The molecule has 0 aliphatic carbocycles. The van der Waals surface area contributed by atoms with E-state index in [-0.39, 0.29) is 24.3 Å². The Morgan fingerprint density at radius 3 is 2.26 bits per heavy atom. The number of nitrogens with one attached hydrogen (secondary N) is 4. The normalized spacial score (nSPS) is 10.1. The largest absolute Gasteiger partial charge is 0.376 e. The van der Waals surface area contributed by atoms with Crippen LogP contribution in [-0.2, 0) is 16.1 Å². The number of carbonyl (C=O) groups is 3. The molecule has 3 aromatic carbocycles. The van der Waals surface area contributed by atoms with Gasteiger partial charge in [-0.1, -0.05) is 48.5 Å². The zero-order valence-corrected chi connectivity index (χ0v) is 17.1. The maximum Gasteiger partial charge on any atom is 0.253 e. The first-order valence-corrected chi connectivity index (χ1v) is 9.84. The quantitative estimate of drug-likeness (QED) is 0.451. The van der Waals surface area contributed by atoms with Crippen LogP contribution in [0.15, 0.2) is 78.9 Å². The van der Waals surface area contributed by atoms with Crippen molar-refractivity contribution < 1.29 is 14.4 Å². The van der Waals surface area contributed by atoms with Crippen LogP contribution in [0.3, 0.4) is 0 Å². The zero-order valence-electron chi connectivity index (χ0n) is 17.1. The van der Waals surface area contributed by atoms with E-state index < -0.39 is 0 Å². The molecule has 158 valence electrons. The number of amides is 3. The maximum atomic E-state index is 12.6. The lowest BCUT2D eigenvalue weighted by Gasteiger charge is -2.13. The molecule has 7 heteroatoms. The third kappa shape index (κ3) is 6.71. The first-order chi connectivity index (χ1) is 15.0. The van der Waals surface area contributed by atoms with E-state index in [9.17, 15) is 14.4 Å². The van der Waals surface area contributed by atoms with E-state index in [0.717, 1.165) is 5.56 Å². The van der Waals surface area contributed by atoms with Crippen molar-refractivity contribution in [1.82, 2.24) is 5.32 Å². The molecule has 0 aromatic heterocycles. The Balaban J connectivity index is 1.58. The lowest BCUT2D eigenvalue weighted by atomic mass is 10.1. The van der Waals surface area contributed by atoms with Gasteiger partial charge in [-0.15, -0.1) is 0 Å². The molecule has 0 radical (unpaired) electrons. The summed E-state index contributed by atoms with van der Waals surface area (Å²) in [7, 11) is 0. The van der Waals surface area contributed by atoms with Crippen molar-refractivity contribution in [2.75, 3.05) is 22.5 Å². The minimum Gasteiger partial charge on any atom is -0.376 e. The fourth-order valence-corrected chi connectivity index (χ4v) is 2.95. The van der Waals surface area contributed by atoms with Crippen molar-refractivity contribution >= 4 is 34.8 Å². The highest BCUT2D eigenvalue weighted by molar-refractivity contribution is 6.04. The van der Waals surface area contributed by atoms with Gasteiger partial charge in [0.15, 0.2) is 0 Å².